The van der Waals surface area contributed by atoms with E-state index in [1.165, 1.54) is 0 Å². The zero-order valence-electron chi connectivity index (χ0n) is 22.1. The van der Waals surface area contributed by atoms with Crippen molar-refractivity contribution in [2.75, 3.05) is 7.11 Å². The van der Waals surface area contributed by atoms with E-state index in [1.807, 2.05) is 109 Å². The van der Waals surface area contributed by atoms with Gasteiger partial charge in [-0.15, -0.1) is 0 Å². The number of rotatable bonds is 6. The van der Waals surface area contributed by atoms with Gasteiger partial charge in [0.2, 0.25) is 0 Å². The van der Waals surface area contributed by atoms with Gasteiger partial charge in [0.15, 0.2) is 11.8 Å². The molecule has 185 valence electrons. The minimum absolute atomic E-state index is 0. The molecule has 2 N–H and O–H groups in total. The topological polar surface area (TPSA) is 71.4 Å². The van der Waals surface area contributed by atoms with Crippen LogP contribution >= 0.6 is 0 Å². The Balaban J connectivity index is -0.000000176. The first-order valence-electron chi connectivity index (χ1n) is 11.4. The second-order valence-electron chi connectivity index (χ2n) is 5.92. The molecule has 33 heavy (non-hydrogen) atoms. The Hall–Kier alpha value is -1.72. The van der Waals surface area contributed by atoms with Gasteiger partial charge >= 0.3 is 0 Å². The van der Waals surface area contributed by atoms with Crippen molar-refractivity contribution in [2.24, 2.45) is 5.92 Å². The number of para-hydroxylation sites is 2. The van der Waals surface area contributed by atoms with E-state index in [9.17, 15) is 4.79 Å². The number of carbonyl (C=O) groups is 1. The van der Waals surface area contributed by atoms with Crippen molar-refractivity contribution in [3.05, 3.63) is 67.2 Å². The fourth-order valence-electron chi connectivity index (χ4n) is 1.75. The number of nitrogens with one attached hydrogen (secondary N) is 2. The third-order valence-electron chi connectivity index (χ3n) is 3.50. The Bertz CT molecular complexity index is 653. The number of methoxy groups -OCH3 is 1. The second-order valence-corrected chi connectivity index (χ2v) is 5.92. The number of benzene rings is 2. The van der Waals surface area contributed by atoms with Gasteiger partial charge < -0.3 is 14.8 Å². The molecule has 0 fully saturated rings. The van der Waals surface area contributed by atoms with E-state index in [4.69, 9.17) is 14.9 Å². The molecule has 0 aliphatic carbocycles. The molecule has 0 heterocycles. The van der Waals surface area contributed by atoms with Crippen molar-refractivity contribution >= 4 is 11.8 Å². The fraction of sp³-hybridized carbons (Fsp3) is 0.444. The summed E-state index contributed by atoms with van der Waals surface area (Å²) < 4.78 is 9.91. The van der Waals surface area contributed by atoms with E-state index in [0.717, 1.165) is 24.3 Å². The largest absolute Gasteiger partial charge is 0.505 e. The second kappa shape index (κ2) is 30.3. The van der Waals surface area contributed by atoms with E-state index >= 15 is 0 Å². The molecule has 1 unspecified atom stereocenters. The first-order valence-corrected chi connectivity index (χ1v) is 11.4. The molecular formula is C27H45N2O3Y-. The quantitative estimate of drug-likeness (QED) is 0.229. The van der Waals surface area contributed by atoms with E-state index in [2.05, 4.69) is 5.32 Å². The van der Waals surface area contributed by atoms with Crippen molar-refractivity contribution in [2.45, 2.75) is 68.2 Å². The predicted molar refractivity (Wildman–Crippen MR) is 138 cm³/mol. The Morgan fingerprint density at radius 3 is 1.67 bits per heavy atom. The van der Waals surface area contributed by atoms with Crippen LogP contribution in [0.5, 0.6) is 11.5 Å². The number of hydrogen-bond donors (Lipinski definition) is 2. The van der Waals surface area contributed by atoms with Crippen LogP contribution in [0.2, 0.25) is 0 Å². The molecule has 1 atom stereocenters. The first kappa shape index (κ1) is 38.5. The van der Waals surface area contributed by atoms with E-state index < -0.39 is 0 Å². The van der Waals surface area contributed by atoms with Gasteiger partial charge in [-0.25, -0.2) is 6.54 Å². The summed E-state index contributed by atoms with van der Waals surface area (Å²) in [5, 5.41) is 9.73. The maximum Gasteiger partial charge on any atom is 0.193 e. The minimum atomic E-state index is 0. The summed E-state index contributed by atoms with van der Waals surface area (Å²) in [6.07, 6.45) is 1.80. The van der Waals surface area contributed by atoms with Crippen LogP contribution in [-0.4, -0.2) is 18.9 Å². The standard InChI is InChI=1S/C8H9NO.C8H16NO.C7H8O.2C2H6.Y/c1-7(9)10-8-5-3-2-4-6-8;1-4-6-9-8(10)7(3)5-2;1-8-7-5-3-2-4-6-7;2*1-2;/h2-6,9H,1H3;6-7H,4-5H2,1-3H3,(H,9,10);2-6H,1H3;2*1-2H3;/q;-1;;;;. The Kier molecular flexibility index (Phi) is 35.4. The minimum Gasteiger partial charge on any atom is -0.505 e. The van der Waals surface area contributed by atoms with Gasteiger partial charge in [-0.1, -0.05) is 84.9 Å². The van der Waals surface area contributed by atoms with Crippen molar-refractivity contribution < 1.29 is 47.0 Å². The van der Waals surface area contributed by atoms with Crippen LogP contribution in [-0.2, 0) is 37.5 Å². The summed E-state index contributed by atoms with van der Waals surface area (Å²) in [4.78, 5) is 11.0. The van der Waals surface area contributed by atoms with Gasteiger partial charge in [0.1, 0.15) is 11.5 Å². The van der Waals surface area contributed by atoms with Gasteiger partial charge in [0.05, 0.1) is 7.11 Å². The maximum atomic E-state index is 11.0. The van der Waals surface area contributed by atoms with Crippen LogP contribution in [0.25, 0.3) is 0 Å². The zero-order chi connectivity index (χ0) is 25.2. The monoisotopic (exact) mass is 534 g/mol. The molecular weight excluding hydrogens is 489 g/mol. The smallest absolute Gasteiger partial charge is 0.193 e. The molecule has 2 aromatic carbocycles. The summed E-state index contributed by atoms with van der Waals surface area (Å²) in [6, 6.07) is 19.0. The number of carbonyl (C=O) groups excluding carboxylic acids is 1. The summed E-state index contributed by atoms with van der Waals surface area (Å²) in [6.45, 7) is 17.3. The van der Waals surface area contributed by atoms with Gasteiger partial charge in [0.25, 0.3) is 0 Å². The van der Waals surface area contributed by atoms with Crippen LogP contribution < -0.4 is 14.8 Å². The number of amides is 1. The predicted octanol–water partition coefficient (Wildman–Crippen LogP) is 7.53. The Morgan fingerprint density at radius 1 is 0.939 bits per heavy atom. The molecule has 0 aliphatic heterocycles. The Morgan fingerprint density at radius 2 is 1.36 bits per heavy atom. The summed E-state index contributed by atoms with van der Waals surface area (Å²) in [7, 11) is 1.66. The molecule has 1 radical (unpaired) electrons. The molecule has 5 nitrogen and oxygen atoms in total. The van der Waals surface area contributed by atoms with Gasteiger partial charge in [-0.3, -0.25) is 10.2 Å². The van der Waals surface area contributed by atoms with Crippen LogP contribution in [0.3, 0.4) is 0 Å². The molecule has 0 bridgehead atoms. The van der Waals surface area contributed by atoms with Gasteiger partial charge in [0, 0.05) is 45.6 Å². The zero-order valence-corrected chi connectivity index (χ0v) is 25.0. The fourth-order valence-corrected chi connectivity index (χ4v) is 1.75. The molecule has 2 aromatic rings. The molecule has 0 spiro atoms. The van der Waals surface area contributed by atoms with Crippen LogP contribution in [0.4, 0.5) is 0 Å². The molecule has 0 saturated carbocycles. The van der Waals surface area contributed by atoms with Crippen LogP contribution in [0.1, 0.15) is 68.2 Å². The third kappa shape index (κ3) is 26.4. The summed E-state index contributed by atoms with van der Waals surface area (Å²) >= 11 is 0. The SMILES string of the molecule is CC.CC.CC(=N)Oc1ccccc1.CC[CH-]NC(=O)C(C)CC.COc1ccccc1.[Y]. The number of hydrogen-bond acceptors (Lipinski definition) is 4. The number of ether oxygens (including phenoxy) is 2. The van der Waals surface area contributed by atoms with E-state index in [0.29, 0.717) is 0 Å². The van der Waals surface area contributed by atoms with E-state index in [1.54, 1.807) is 20.6 Å². The van der Waals surface area contributed by atoms with Crippen molar-refractivity contribution in [1.82, 2.24) is 5.32 Å². The third-order valence-corrected chi connectivity index (χ3v) is 3.50. The van der Waals surface area contributed by atoms with Crippen molar-refractivity contribution in [3.8, 4) is 11.5 Å². The van der Waals surface area contributed by atoms with Crippen molar-refractivity contribution in [1.29, 1.82) is 5.41 Å². The van der Waals surface area contributed by atoms with Crippen LogP contribution in [0, 0.1) is 17.9 Å². The molecule has 0 aromatic heterocycles. The van der Waals surface area contributed by atoms with Gasteiger partial charge in [-0.05, 0) is 30.7 Å². The molecule has 0 saturated heterocycles. The van der Waals surface area contributed by atoms with Crippen LogP contribution in [0.15, 0.2) is 60.7 Å². The summed E-state index contributed by atoms with van der Waals surface area (Å²) in [5.74, 6) is 2.11. The molecule has 0 aliphatic rings. The van der Waals surface area contributed by atoms with Gasteiger partial charge in [-0.2, -0.15) is 6.42 Å². The molecule has 6 heteroatoms. The van der Waals surface area contributed by atoms with Crippen molar-refractivity contribution in [3.63, 3.8) is 0 Å². The average Bonchev–Trinajstić information content (AvgIpc) is 2.86. The average molecular weight is 535 g/mol. The molecule has 2 rings (SSSR count). The summed E-state index contributed by atoms with van der Waals surface area (Å²) in [5.41, 5.74) is 0. The normalized spacial score (nSPS) is 9.00. The van der Waals surface area contributed by atoms with E-state index in [-0.39, 0.29) is 50.4 Å². The first-order chi connectivity index (χ1) is 15.4. The molecule has 1 amide bonds. The maximum absolute atomic E-state index is 11.0. The Labute approximate surface area is 228 Å².